The van der Waals surface area contributed by atoms with E-state index < -0.39 is 86.6 Å². The monoisotopic (exact) mass is 645 g/mol. The molecule has 0 aromatic rings. The van der Waals surface area contributed by atoms with Crippen molar-refractivity contribution in [1.29, 1.82) is 0 Å². The Labute approximate surface area is 260 Å². The number of rotatable bonds is 14. The molecule has 1 heterocycles. The second kappa shape index (κ2) is 15.8. The summed E-state index contributed by atoms with van der Waals surface area (Å²) in [6, 6.07) is -0.942. The normalized spacial score (nSPS) is 18.4. The molecule has 1 saturated heterocycles. The lowest BCUT2D eigenvalue weighted by molar-refractivity contribution is -0.187. The van der Waals surface area contributed by atoms with Crippen LogP contribution in [0.15, 0.2) is 0 Å². The van der Waals surface area contributed by atoms with Gasteiger partial charge >= 0.3 is 29.8 Å². The van der Waals surface area contributed by atoms with Gasteiger partial charge in [-0.05, 0) is 43.8 Å². The summed E-state index contributed by atoms with van der Waals surface area (Å²) in [6.45, 7) is 19.2. The first-order chi connectivity index (χ1) is 19.7. The third-order valence-corrected chi connectivity index (χ3v) is 12.9. The fraction of sp³-hybridized carbons (Fsp3) is 0.759. The molecule has 244 valence electrons. The molecule has 2 amide bonds. The molecule has 0 aromatic carbocycles. The summed E-state index contributed by atoms with van der Waals surface area (Å²) >= 11 is 5.64. The van der Waals surface area contributed by atoms with Gasteiger partial charge in [0, 0.05) is 12.3 Å². The molecule has 0 aromatic heterocycles. The molecular weight excluding hydrogens is 598 g/mol. The number of hydrogen-bond donors (Lipinski definition) is 0. The van der Waals surface area contributed by atoms with Crippen molar-refractivity contribution in [1.82, 2.24) is 4.90 Å². The topological polar surface area (TPSA) is 152 Å². The fourth-order valence-corrected chi connectivity index (χ4v) is 6.03. The number of carbonyl (C=O) groups excluding carboxylic acids is 6. The van der Waals surface area contributed by atoms with Gasteiger partial charge in [0.25, 0.3) is 0 Å². The lowest BCUT2D eigenvalue weighted by Gasteiger charge is -2.52. The number of likely N-dealkylation sites (tertiary alicyclic amines) is 1. The number of amides is 2. The van der Waals surface area contributed by atoms with E-state index in [4.69, 9.17) is 35.6 Å². The second-order valence-electron chi connectivity index (χ2n) is 12.3. The van der Waals surface area contributed by atoms with Crippen LogP contribution in [0.3, 0.4) is 0 Å². The van der Waals surface area contributed by atoms with Crippen LogP contribution in [0.4, 0.5) is 0 Å². The Kier molecular flexibility index (Phi) is 14.1. The maximum absolute atomic E-state index is 13.5. The second-order valence-corrected chi connectivity index (χ2v) is 17.6. The van der Waals surface area contributed by atoms with Crippen molar-refractivity contribution in [3.63, 3.8) is 0 Å². The van der Waals surface area contributed by atoms with E-state index >= 15 is 0 Å². The Balaban J connectivity index is 3.34. The minimum Gasteiger partial charge on any atom is -0.465 e. The molecule has 0 saturated carbocycles. The standard InChI is InChI=1S/C29H47NO11SSi/c1-12-37-26(34)19(27(35)38-13-2)14-20(42)17(5)22-21(18(6)41-43(10,11)29(7,8)9)23(31)30(22)24(32)28(36)40-15-39-25(33)16(3)4/h16-19,21-22H,12-15H2,1-11H3/t17-,18+,21+,22+/m0/s1. The average molecular weight is 646 g/mol. The maximum atomic E-state index is 13.5. The van der Waals surface area contributed by atoms with E-state index in [2.05, 4.69) is 0 Å². The summed E-state index contributed by atoms with van der Waals surface area (Å²) in [5, 5.41) is -0.177. The van der Waals surface area contributed by atoms with Crippen molar-refractivity contribution in [3.8, 4) is 0 Å². The Hall–Kier alpha value is -2.71. The van der Waals surface area contributed by atoms with Gasteiger partial charge in [-0.15, -0.1) is 0 Å². The molecule has 12 nitrogen and oxygen atoms in total. The minimum absolute atomic E-state index is 0.0371. The molecule has 43 heavy (non-hydrogen) atoms. The van der Waals surface area contributed by atoms with Crippen molar-refractivity contribution in [2.75, 3.05) is 20.0 Å². The minimum atomic E-state index is -2.37. The summed E-state index contributed by atoms with van der Waals surface area (Å²) in [4.78, 5) is 77.1. The number of ether oxygens (including phenoxy) is 4. The first-order valence-corrected chi connectivity index (χ1v) is 17.8. The highest BCUT2D eigenvalue weighted by atomic mass is 32.1. The molecule has 4 atom stereocenters. The molecule has 0 unspecified atom stereocenters. The molecule has 1 aliphatic rings. The van der Waals surface area contributed by atoms with Crippen LogP contribution >= 0.6 is 12.2 Å². The van der Waals surface area contributed by atoms with Crippen molar-refractivity contribution < 1.29 is 52.1 Å². The molecule has 0 bridgehead atoms. The maximum Gasteiger partial charge on any atom is 0.400 e. The van der Waals surface area contributed by atoms with Crippen molar-refractivity contribution in [3.05, 3.63) is 0 Å². The lowest BCUT2D eigenvalue weighted by atomic mass is 9.74. The van der Waals surface area contributed by atoms with Gasteiger partial charge in [-0.3, -0.25) is 28.9 Å². The Morgan fingerprint density at radius 2 is 1.40 bits per heavy atom. The summed E-state index contributed by atoms with van der Waals surface area (Å²) in [5.74, 6) is -8.97. The van der Waals surface area contributed by atoms with Gasteiger partial charge in [-0.25, -0.2) is 4.79 Å². The number of hydrogen-bond acceptors (Lipinski definition) is 12. The van der Waals surface area contributed by atoms with E-state index in [1.165, 1.54) is 0 Å². The Morgan fingerprint density at radius 3 is 1.84 bits per heavy atom. The fourth-order valence-electron chi connectivity index (χ4n) is 4.29. The SMILES string of the molecule is CCOC(=O)C(CC(=S)[C@H](C)[C@@H]1[C@@H]([C@@H](C)O[Si](C)(C)C(C)(C)C)C(=O)N1C(=O)C(=O)OCOC(=O)C(C)C)C(=O)OCC. The van der Waals surface area contributed by atoms with E-state index in [0.717, 1.165) is 4.90 Å². The smallest absolute Gasteiger partial charge is 0.400 e. The van der Waals surface area contributed by atoms with Crippen LogP contribution in [0.1, 0.15) is 68.7 Å². The average Bonchev–Trinajstić information content (AvgIpc) is 2.88. The summed E-state index contributed by atoms with van der Waals surface area (Å²) in [6.07, 6.45) is -0.887. The van der Waals surface area contributed by atoms with Gasteiger partial charge in [-0.2, -0.15) is 0 Å². The van der Waals surface area contributed by atoms with Gasteiger partial charge in [-0.1, -0.05) is 53.8 Å². The molecule has 14 heteroatoms. The van der Waals surface area contributed by atoms with E-state index in [0.29, 0.717) is 0 Å². The Morgan fingerprint density at radius 1 is 0.884 bits per heavy atom. The molecule has 1 rings (SSSR count). The largest absolute Gasteiger partial charge is 0.465 e. The number of thiocarbonyl (C=S) groups is 1. The molecule has 0 radical (unpaired) electrons. The zero-order valence-corrected chi connectivity index (χ0v) is 29.0. The summed E-state index contributed by atoms with van der Waals surface area (Å²) < 4.78 is 26.2. The molecule has 1 fully saturated rings. The van der Waals surface area contributed by atoms with E-state index in [-0.39, 0.29) is 29.5 Å². The summed E-state index contributed by atoms with van der Waals surface area (Å²) in [7, 11) is -2.37. The van der Waals surface area contributed by atoms with Gasteiger partial charge in [0.2, 0.25) is 12.7 Å². The molecule has 0 aliphatic carbocycles. The highest BCUT2D eigenvalue weighted by Gasteiger charge is 2.58. The number of nitrogens with zero attached hydrogens (tertiary/aromatic N) is 1. The number of β-lactam (4-membered cyclic amide) rings is 1. The van der Waals surface area contributed by atoms with Crippen molar-refractivity contribution in [2.45, 2.75) is 99.0 Å². The predicted octanol–water partition coefficient (Wildman–Crippen LogP) is 3.59. The van der Waals surface area contributed by atoms with Crippen LogP contribution < -0.4 is 0 Å². The zero-order valence-electron chi connectivity index (χ0n) is 27.1. The van der Waals surface area contributed by atoms with E-state index in [1.807, 2.05) is 33.9 Å². The van der Waals surface area contributed by atoms with Gasteiger partial charge in [0.1, 0.15) is 0 Å². The first-order valence-electron chi connectivity index (χ1n) is 14.5. The van der Waals surface area contributed by atoms with Crippen LogP contribution in [0, 0.1) is 23.7 Å². The van der Waals surface area contributed by atoms with Crippen LogP contribution in [-0.4, -0.2) is 85.9 Å². The van der Waals surface area contributed by atoms with Crippen LogP contribution in [0.5, 0.6) is 0 Å². The highest BCUT2D eigenvalue weighted by molar-refractivity contribution is 7.80. The number of esters is 4. The lowest BCUT2D eigenvalue weighted by Crippen LogP contribution is -2.71. The molecular formula is C29H47NO11SSi. The highest BCUT2D eigenvalue weighted by Crippen LogP contribution is 2.42. The van der Waals surface area contributed by atoms with Crippen molar-refractivity contribution in [2.24, 2.45) is 23.7 Å². The summed E-state index contributed by atoms with van der Waals surface area (Å²) in [5.41, 5.74) is 0. The number of imide groups is 1. The Bertz CT molecular complexity index is 1070. The number of carbonyl (C=O) groups is 6. The molecule has 0 N–H and O–H groups in total. The van der Waals surface area contributed by atoms with Crippen molar-refractivity contribution >= 4 is 61.1 Å². The van der Waals surface area contributed by atoms with Gasteiger partial charge in [0.15, 0.2) is 14.2 Å². The van der Waals surface area contributed by atoms with Crippen LogP contribution in [0.2, 0.25) is 18.1 Å². The first kappa shape index (κ1) is 38.3. The third-order valence-electron chi connectivity index (χ3n) is 7.80. The molecule has 1 aliphatic heterocycles. The van der Waals surface area contributed by atoms with Gasteiger partial charge in [0.05, 0.1) is 37.2 Å². The predicted molar refractivity (Wildman–Crippen MR) is 162 cm³/mol. The van der Waals surface area contributed by atoms with Gasteiger partial charge < -0.3 is 23.4 Å². The zero-order chi connectivity index (χ0) is 33.4. The molecule has 0 spiro atoms. The van der Waals surface area contributed by atoms with Crippen LogP contribution in [0.25, 0.3) is 0 Å². The quantitative estimate of drug-likeness (QED) is 0.0397. The van der Waals surface area contributed by atoms with E-state index in [9.17, 15) is 28.8 Å². The van der Waals surface area contributed by atoms with E-state index in [1.54, 1.807) is 41.5 Å². The third kappa shape index (κ3) is 9.64. The van der Waals surface area contributed by atoms with Crippen LogP contribution in [-0.2, 0) is 52.1 Å².